The van der Waals surface area contributed by atoms with Gasteiger partial charge in [0.05, 0.1) is 11.4 Å². The van der Waals surface area contributed by atoms with Crippen LogP contribution in [-0.2, 0) is 16.2 Å². The summed E-state index contributed by atoms with van der Waals surface area (Å²) in [5.41, 5.74) is 13.0. The maximum Gasteiger partial charge on any atom is 0.0604 e. The minimum absolute atomic E-state index is 0.0554. The maximum atomic E-state index is 2.68. The first-order valence-electron chi connectivity index (χ1n) is 20.7. The minimum atomic E-state index is 0.0554. The molecule has 5 aliphatic carbocycles. The summed E-state index contributed by atoms with van der Waals surface area (Å²) in [5, 5.41) is 2.59. The van der Waals surface area contributed by atoms with Crippen LogP contribution in [0.25, 0.3) is 21.9 Å². The van der Waals surface area contributed by atoms with Crippen molar-refractivity contribution in [1.82, 2.24) is 0 Å². The molecule has 0 unspecified atom stereocenters. The number of anilines is 3. The van der Waals surface area contributed by atoms with Crippen LogP contribution in [0.4, 0.5) is 17.1 Å². The fourth-order valence-electron chi connectivity index (χ4n) is 12.7. The van der Waals surface area contributed by atoms with E-state index in [0.717, 1.165) is 23.7 Å². The van der Waals surface area contributed by atoms with E-state index in [1.165, 1.54) is 105 Å². The van der Waals surface area contributed by atoms with Crippen LogP contribution in [0, 0.1) is 23.7 Å². The van der Waals surface area contributed by atoms with Crippen LogP contribution < -0.4 is 4.90 Å². The largest absolute Gasteiger partial charge is 0.309 e. The highest BCUT2D eigenvalue weighted by molar-refractivity contribution is 7.99. The fourth-order valence-corrected chi connectivity index (χ4v) is 14.0. The smallest absolute Gasteiger partial charge is 0.0604 e. The molecule has 1 nitrogen and oxygen atoms in total. The number of hydrogen-bond acceptors (Lipinski definition) is 2. The van der Waals surface area contributed by atoms with Crippen LogP contribution in [0.2, 0.25) is 0 Å². The van der Waals surface area contributed by atoms with Gasteiger partial charge >= 0.3 is 0 Å². The normalized spacial score (nSPS) is 26.7. The van der Waals surface area contributed by atoms with Crippen LogP contribution in [0.15, 0.2) is 137 Å². The molecule has 270 valence electrons. The van der Waals surface area contributed by atoms with Gasteiger partial charge in [0.25, 0.3) is 0 Å². The van der Waals surface area contributed by atoms with Crippen molar-refractivity contribution >= 4 is 39.6 Å². The lowest BCUT2D eigenvalue weighted by Crippen LogP contribution is -2.57. The summed E-state index contributed by atoms with van der Waals surface area (Å²) in [6.07, 6.45) is 9.43. The van der Waals surface area contributed by atoms with Gasteiger partial charge in [-0.15, -0.1) is 0 Å². The number of rotatable bonds is 4. The van der Waals surface area contributed by atoms with E-state index >= 15 is 0 Å². The Morgan fingerprint density at radius 3 is 1.93 bits per heavy atom. The zero-order chi connectivity index (χ0) is 36.4. The highest BCUT2D eigenvalue weighted by Crippen LogP contribution is 2.69. The van der Waals surface area contributed by atoms with E-state index in [0.29, 0.717) is 0 Å². The average molecular weight is 722 g/mol. The molecule has 6 aromatic carbocycles. The van der Waals surface area contributed by atoms with Crippen LogP contribution in [0.3, 0.4) is 0 Å². The van der Waals surface area contributed by atoms with Crippen LogP contribution in [-0.4, -0.2) is 0 Å². The lowest BCUT2D eigenvalue weighted by Gasteiger charge is -2.63. The molecule has 6 aromatic rings. The Bertz CT molecular complexity index is 2420. The highest BCUT2D eigenvalue weighted by atomic mass is 32.2. The van der Waals surface area contributed by atoms with Crippen molar-refractivity contribution in [3.05, 3.63) is 150 Å². The first-order chi connectivity index (χ1) is 26.2. The minimum Gasteiger partial charge on any atom is -0.309 e. The van der Waals surface area contributed by atoms with Gasteiger partial charge < -0.3 is 4.90 Å². The predicted octanol–water partition coefficient (Wildman–Crippen LogP) is 14.5. The molecular formula is C52H51NS. The zero-order valence-corrected chi connectivity index (χ0v) is 33.1. The molecule has 0 radical (unpaired) electrons. The van der Waals surface area contributed by atoms with Crippen LogP contribution >= 0.6 is 11.8 Å². The Morgan fingerprint density at radius 1 is 0.537 bits per heavy atom. The second-order valence-electron chi connectivity index (χ2n) is 18.8. The quantitative estimate of drug-likeness (QED) is 0.178. The van der Waals surface area contributed by atoms with Gasteiger partial charge in [-0.2, -0.15) is 0 Å². The number of benzene rings is 6. The summed E-state index contributed by atoms with van der Waals surface area (Å²) in [4.78, 5) is 5.64. The predicted molar refractivity (Wildman–Crippen MR) is 228 cm³/mol. The molecule has 1 aliphatic heterocycles. The molecule has 4 fully saturated rings. The lowest BCUT2D eigenvalue weighted by molar-refractivity contribution is -0.0443. The van der Waals surface area contributed by atoms with Crippen molar-refractivity contribution < 1.29 is 0 Å². The van der Waals surface area contributed by atoms with Gasteiger partial charge in [-0.3, -0.25) is 0 Å². The Kier molecular flexibility index (Phi) is 7.27. The molecule has 0 saturated heterocycles. The average Bonchev–Trinajstić information content (AvgIpc) is 3.18. The Balaban J connectivity index is 1.15. The van der Waals surface area contributed by atoms with E-state index < -0.39 is 0 Å². The molecule has 12 rings (SSSR count). The van der Waals surface area contributed by atoms with Gasteiger partial charge in [-0.1, -0.05) is 137 Å². The zero-order valence-electron chi connectivity index (χ0n) is 32.2. The highest BCUT2D eigenvalue weighted by Gasteiger charge is 2.61. The van der Waals surface area contributed by atoms with E-state index in [9.17, 15) is 0 Å². The van der Waals surface area contributed by atoms with E-state index in [1.807, 2.05) is 11.8 Å². The number of fused-ring (bicyclic) bond motifs is 4. The summed E-state index contributed by atoms with van der Waals surface area (Å²) >= 11 is 2.04. The third-order valence-electron chi connectivity index (χ3n) is 14.9. The molecule has 6 aliphatic rings. The number of hydrogen-bond donors (Lipinski definition) is 0. The Hall–Kier alpha value is -4.27. The summed E-state index contributed by atoms with van der Waals surface area (Å²) in [7, 11) is 0. The standard InChI is InChI=1S/C52H51NS/c1-50(2)26-27-51(3,4)48-43(50)17-10-19-45(48)53(39-24-22-36(23-25-39)41-15-9-13-35-12-5-6-14-40(35)41)46-20-11-18-44-49(46)54-47-21-8-7-16-42(47)52(44)37-29-33-28-34(31-37)32-38(52)30-33/h5-25,33-34,37-38H,26-32H2,1-4H3. The van der Waals surface area contributed by atoms with Gasteiger partial charge in [0.2, 0.25) is 0 Å². The van der Waals surface area contributed by atoms with E-state index in [1.54, 1.807) is 11.1 Å². The van der Waals surface area contributed by atoms with Crippen molar-refractivity contribution in [2.75, 3.05) is 4.90 Å². The summed E-state index contributed by atoms with van der Waals surface area (Å²) in [5.74, 6) is 3.29. The molecule has 54 heavy (non-hydrogen) atoms. The second-order valence-corrected chi connectivity index (χ2v) is 19.9. The van der Waals surface area contributed by atoms with Crippen molar-refractivity contribution in [1.29, 1.82) is 0 Å². The summed E-state index contributed by atoms with van der Waals surface area (Å²) < 4.78 is 0. The lowest BCUT2D eigenvalue weighted by atomic mass is 9.42. The topological polar surface area (TPSA) is 3.24 Å². The van der Waals surface area contributed by atoms with Crippen molar-refractivity contribution in [2.24, 2.45) is 23.7 Å². The van der Waals surface area contributed by atoms with E-state index in [-0.39, 0.29) is 16.2 Å². The summed E-state index contributed by atoms with van der Waals surface area (Å²) in [6.45, 7) is 9.89. The molecule has 1 heterocycles. The molecule has 0 atom stereocenters. The Morgan fingerprint density at radius 2 is 1.15 bits per heavy atom. The van der Waals surface area contributed by atoms with Gasteiger partial charge in [0, 0.05) is 20.9 Å². The monoisotopic (exact) mass is 721 g/mol. The molecule has 1 spiro atoms. The maximum absolute atomic E-state index is 2.68. The SMILES string of the molecule is CC1(C)CCC(C)(C)c2c(N(c3ccc(-c4cccc5ccccc45)cc3)c3cccc4c3Sc3ccccc3C43C4CC5CC(C4)CC3C5)cccc21. The van der Waals surface area contributed by atoms with Crippen molar-refractivity contribution in [3.8, 4) is 11.1 Å². The third-order valence-corrected chi connectivity index (χ3v) is 16.2. The molecule has 4 saturated carbocycles. The molecule has 2 heteroatoms. The molecule has 0 amide bonds. The van der Waals surface area contributed by atoms with Crippen molar-refractivity contribution in [3.63, 3.8) is 0 Å². The van der Waals surface area contributed by atoms with Gasteiger partial charge in [0.1, 0.15) is 0 Å². The van der Waals surface area contributed by atoms with Gasteiger partial charge in [-0.05, 0) is 154 Å². The van der Waals surface area contributed by atoms with Crippen LogP contribution in [0.5, 0.6) is 0 Å². The second kappa shape index (κ2) is 11.9. The third kappa shape index (κ3) is 4.71. The first-order valence-corrected chi connectivity index (χ1v) is 21.5. The van der Waals surface area contributed by atoms with Crippen molar-refractivity contribution in [2.45, 2.75) is 98.7 Å². The van der Waals surface area contributed by atoms with Gasteiger partial charge in [0.15, 0.2) is 0 Å². The van der Waals surface area contributed by atoms with Crippen LogP contribution in [0.1, 0.15) is 94.9 Å². The number of nitrogens with zero attached hydrogens (tertiary/aromatic N) is 1. The first kappa shape index (κ1) is 33.1. The molecule has 0 N–H and O–H groups in total. The van der Waals surface area contributed by atoms with E-state index in [2.05, 4.69) is 160 Å². The molecule has 0 aromatic heterocycles. The molecule has 4 bridgehead atoms. The van der Waals surface area contributed by atoms with Gasteiger partial charge in [-0.25, -0.2) is 0 Å². The van der Waals surface area contributed by atoms with E-state index in [4.69, 9.17) is 0 Å². The summed E-state index contributed by atoms with van der Waals surface area (Å²) in [6, 6.07) is 49.2. The Labute approximate surface area is 326 Å². The molecular weight excluding hydrogens is 671 g/mol. The fraction of sp³-hybridized carbons (Fsp3) is 0.346.